The second-order valence-electron chi connectivity index (χ2n) is 5.91. The SMILES string of the molecule is C[C@H](NCC(=O)NC1CCCCCC1)c1cccc(F)c1. The molecule has 1 aromatic carbocycles. The van der Waals surface area contributed by atoms with Crippen LogP contribution in [0.1, 0.15) is 57.1 Å². The number of hydrogen-bond donors (Lipinski definition) is 2. The Morgan fingerprint density at radius 3 is 2.67 bits per heavy atom. The lowest BCUT2D eigenvalue weighted by Crippen LogP contribution is -2.40. The highest BCUT2D eigenvalue weighted by Crippen LogP contribution is 2.17. The van der Waals surface area contributed by atoms with Crippen molar-refractivity contribution in [1.82, 2.24) is 10.6 Å². The van der Waals surface area contributed by atoms with Gasteiger partial charge in [0.05, 0.1) is 6.54 Å². The van der Waals surface area contributed by atoms with Gasteiger partial charge in [-0.3, -0.25) is 4.79 Å². The molecule has 0 unspecified atom stereocenters. The monoisotopic (exact) mass is 292 g/mol. The minimum absolute atomic E-state index is 0.0325. The third-order valence-corrected chi connectivity index (χ3v) is 4.14. The van der Waals surface area contributed by atoms with Gasteiger partial charge in [-0.1, -0.05) is 37.8 Å². The molecule has 3 nitrogen and oxygen atoms in total. The molecule has 0 heterocycles. The van der Waals surface area contributed by atoms with Crippen molar-refractivity contribution >= 4 is 5.91 Å². The molecule has 1 fully saturated rings. The lowest BCUT2D eigenvalue weighted by Gasteiger charge is -2.18. The molecule has 1 aliphatic carbocycles. The fourth-order valence-electron chi connectivity index (χ4n) is 2.84. The molecule has 21 heavy (non-hydrogen) atoms. The Morgan fingerprint density at radius 2 is 2.00 bits per heavy atom. The molecule has 0 bridgehead atoms. The maximum Gasteiger partial charge on any atom is 0.234 e. The number of hydrogen-bond acceptors (Lipinski definition) is 2. The zero-order valence-corrected chi connectivity index (χ0v) is 12.7. The lowest BCUT2D eigenvalue weighted by atomic mass is 10.1. The zero-order valence-electron chi connectivity index (χ0n) is 12.7. The highest BCUT2D eigenvalue weighted by Gasteiger charge is 2.15. The van der Waals surface area contributed by atoms with Crippen LogP contribution in [0.4, 0.5) is 4.39 Å². The number of carbonyl (C=O) groups is 1. The molecule has 0 aromatic heterocycles. The van der Waals surface area contributed by atoms with Crippen molar-refractivity contribution in [3.63, 3.8) is 0 Å². The highest BCUT2D eigenvalue weighted by atomic mass is 19.1. The molecule has 2 N–H and O–H groups in total. The number of carbonyl (C=O) groups excluding carboxylic acids is 1. The predicted octanol–water partition coefficient (Wildman–Crippen LogP) is 3.32. The summed E-state index contributed by atoms with van der Waals surface area (Å²) in [7, 11) is 0. The normalized spacial score (nSPS) is 18.0. The van der Waals surface area contributed by atoms with Gasteiger partial charge in [0.25, 0.3) is 0 Å². The average Bonchev–Trinajstić information content (AvgIpc) is 2.73. The maximum atomic E-state index is 13.2. The van der Waals surface area contributed by atoms with Crippen molar-refractivity contribution in [3.05, 3.63) is 35.6 Å². The van der Waals surface area contributed by atoms with Crippen molar-refractivity contribution < 1.29 is 9.18 Å². The van der Waals surface area contributed by atoms with Crippen LogP contribution in [0, 0.1) is 5.82 Å². The van der Waals surface area contributed by atoms with Crippen LogP contribution in [0.5, 0.6) is 0 Å². The van der Waals surface area contributed by atoms with Gasteiger partial charge < -0.3 is 10.6 Å². The smallest absolute Gasteiger partial charge is 0.234 e. The molecule has 0 spiro atoms. The van der Waals surface area contributed by atoms with Gasteiger partial charge in [0.1, 0.15) is 5.82 Å². The summed E-state index contributed by atoms with van der Waals surface area (Å²) in [5.41, 5.74) is 0.859. The van der Waals surface area contributed by atoms with E-state index in [0.29, 0.717) is 6.04 Å². The number of halogens is 1. The van der Waals surface area contributed by atoms with Crippen LogP contribution in [0.2, 0.25) is 0 Å². The highest BCUT2D eigenvalue weighted by molar-refractivity contribution is 5.78. The van der Waals surface area contributed by atoms with Crippen molar-refractivity contribution in [1.29, 1.82) is 0 Å². The second-order valence-corrected chi connectivity index (χ2v) is 5.91. The van der Waals surface area contributed by atoms with Gasteiger partial charge in [-0.05, 0) is 37.5 Å². The Balaban J connectivity index is 1.75. The van der Waals surface area contributed by atoms with E-state index in [1.807, 2.05) is 13.0 Å². The van der Waals surface area contributed by atoms with Gasteiger partial charge in [0.2, 0.25) is 5.91 Å². The van der Waals surface area contributed by atoms with Crippen LogP contribution in [0.3, 0.4) is 0 Å². The van der Waals surface area contributed by atoms with Gasteiger partial charge in [0.15, 0.2) is 0 Å². The lowest BCUT2D eigenvalue weighted by molar-refractivity contribution is -0.121. The molecular weight excluding hydrogens is 267 g/mol. The number of rotatable bonds is 5. The van der Waals surface area contributed by atoms with E-state index in [2.05, 4.69) is 10.6 Å². The first-order chi connectivity index (χ1) is 10.1. The Morgan fingerprint density at radius 1 is 1.29 bits per heavy atom. The summed E-state index contributed by atoms with van der Waals surface area (Å²) in [5, 5.41) is 6.25. The fraction of sp³-hybridized carbons (Fsp3) is 0.588. The van der Waals surface area contributed by atoms with Crippen LogP contribution >= 0.6 is 0 Å². The quantitative estimate of drug-likeness (QED) is 0.817. The Hall–Kier alpha value is -1.42. The summed E-state index contributed by atoms with van der Waals surface area (Å²) < 4.78 is 13.2. The molecule has 116 valence electrons. The molecule has 2 rings (SSSR count). The van der Waals surface area contributed by atoms with Crippen LogP contribution < -0.4 is 10.6 Å². The first-order valence-electron chi connectivity index (χ1n) is 7.93. The molecule has 0 radical (unpaired) electrons. The summed E-state index contributed by atoms with van der Waals surface area (Å²) in [4.78, 5) is 12.0. The van der Waals surface area contributed by atoms with Gasteiger partial charge >= 0.3 is 0 Å². The molecule has 1 saturated carbocycles. The van der Waals surface area contributed by atoms with E-state index in [1.165, 1.54) is 37.8 Å². The molecule has 0 aliphatic heterocycles. The third kappa shape index (κ3) is 5.46. The van der Waals surface area contributed by atoms with Crippen molar-refractivity contribution in [3.8, 4) is 0 Å². The molecule has 1 aromatic rings. The van der Waals surface area contributed by atoms with Crippen molar-refractivity contribution in [2.75, 3.05) is 6.54 Å². The number of nitrogens with one attached hydrogen (secondary N) is 2. The Kier molecular flexibility index (Phi) is 6.18. The number of amides is 1. The molecule has 1 amide bonds. The van der Waals surface area contributed by atoms with Crippen LogP contribution in [0.15, 0.2) is 24.3 Å². The van der Waals surface area contributed by atoms with E-state index in [-0.39, 0.29) is 24.3 Å². The predicted molar refractivity (Wildman–Crippen MR) is 82.5 cm³/mol. The van der Waals surface area contributed by atoms with Gasteiger partial charge in [-0.25, -0.2) is 4.39 Å². The first kappa shape index (κ1) is 16.0. The third-order valence-electron chi connectivity index (χ3n) is 4.14. The Bertz CT molecular complexity index is 456. The molecule has 1 aliphatic rings. The molecular formula is C17H25FN2O. The molecule has 4 heteroatoms. The van der Waals surface area contributed by atoms with Crippen LogP contribution in [0.25, 0.3) is 0 Å². The van der Waals surface area contributed by atoms with Crippen molar-refractivity contribution in [2.24, 2.45) is 0 Å². The van der Waals surface area contributed by atoms with E-state index < -0.39 is 0 Å². The molecule has 0 saturated heterocycles. The van der Waals surface area contributed by atoms with Gasteiger partial charge in [-0.15, -0.1) is 0 Å². The van der Waals surface area contributed by atoms with Crippen molar-refractivity contribution in [2.45, 2.75) is 57.5 Å². The summed E-state index contributed by atoms with van der Waals surface area (Å²) in [6.45, 7) is 2.21. The van der Waals surface area contributed by atoms with Gasteiger partial charge in [0, 0.05) is 12.1 Å². The van der Waals surface area contributed by atoms with E-state index in [0.717, 1.165) is 18.4 Å². The standard InChI is InChI=1S/C17H25FN2O/c1-13(14-7-6-8-15(18)11-14)19-12-17(21)20-16-9-4-2-3-5-10-16/h6-8,11,13,16,19H,2-5,9-10,12H2,1H3,(H,20,21)/t13-/m0/s1. The molecule has 1 atom stereocenters. The van der Waals surface area contributed by atoms with Gasteiger partial charge in [-0.2, -0.15) is 0 Å². The summed E-state index contributed by atoms with van der Waals surface area (Å²) in [6, 6.07) is 6.76. The fourth-order valence-corrected chi connectivity index (χ4v) is 2.84. The van der Waals surface area contributed by atoms with E-state index in [4.69, 9.17) is 0 Å². The minimum atomic E-state index is -0.246. The minimum Gasteiger partial charge on any atom is -0.352 e. The average molecular weight is 292 g/mol. The van der Waals surface area contributed by atoms with E-state index in [1.54, 1.807) is 6.07 Å². The summed E-state index contributed by atoms with van der Waals surface area (Å²) >= 11 is 0. The Labute approximate surface area is 126 Å². The summed E-state index contributed by atoms with van der Waals surface area (Å²) in [5.74, 6) is -0.214. The van der Waals surface area contributed by atoms with E-state index >= 15 is 0 Å². The number of benzene rings is 1. The second kappa shape index (κ2) is 8.13. The topological polar surface area (TPSA) is 41.1 Å². The van der Waals surface area contributed by atoms with Crippen LogP contribution in [-0.4, -0.2) is 18.5 Å². The largest absolute Gasteiger partial charge is 0.352 e. The summed E-state index contributed by atoms with van der Waals surface area (Å²) in [6.07, 6.45) is 7.15. The van der Waals surface area contributed by atoms with E-state index in [9.17, 15) is 9.18 Å². The first-order valence-corrected chi connectivity index (χ1v) is 7.93. The zero-order chi connectivity index (χ0) is 15.1. The maximum absolute atomic E-state index is 13.2. The van der Waals surface area contributed by atoms with Crippen LogP contribution in [-0.2, 0) is 4.79 Å².